The third-order valence-corrected chi connectivity index (χ3v) is 8.01. The zero-order valence-corrected chi connectivity index (χ0v) is 24.5. The quantitative estimate of drug-likeness (QED) is 0.356. The second-order valence-electron chi connectivity index (χ2n) is 11.4. The third kappa shape index (κ3) is 5.22. The van der Waals surface area contributed by atoms with Gasteiger partial charge in [0.2, 0.25) is 5.91 Å². The van der Waals surface area contributed by atoms with Crippen LogP contribution >= 0.6 is 0 Å². The number of carbonyl (C=O) groups is 1. The molecule has 2 atom stereocenters. The van der Waals surface area contributed by atoms with E-state index >= 15 is 4.39 Å². The van der Waals surface area contributed by atoms with Crippen LogP contribution in [0.3, 0.4) is 0 Å². The standard InChI is InChI=1S/C30H38FN9O2/c1-6-24(41)38-14-19(5)39(15-18(38)4)28-21-13-22(31)26-23(32)16-37(33)12-8-7-9-20-10-11-34-25(17(2)3)27(20)40(29(21)35-26)30(42)36-28/h6,10-11,13,16-19H,1,7-9,12,14-15,32-33H2,2-5H3/b23-16-/t18-,19+/m1/s1. The molecule has 5 rings (SSSR count). The van der Waals surface area contributed by atoms with Gasteiger partial charge < -0.3 is 20.5 Å². The fraction of sp³-hybridized carbons (Fsp3) is 0.433. The van der Waals surface area contributed by atoms with E-state index in [9.17, 15) is 9.59 Å². The lowest BCUT2D eigenvalue weighted by Gasteiger charge is -2.44. The van der Waals surface area contributed by atoms with Crippen LogP contribution in [-0.2, 0) is 11.2 Å². The number of hydrazine groups is 1. The van der Waals surface area contributed by atoms with E-state index in [4.69, 9.17) is 16.6 Å². The van der Waals surface area contributed by atoms with Crippen molar-refractivity contribution in [1.29, 1.82) is 0 Å². The Morgan fingerprint density at radius 2 is 1.95 bits per heavy atom. The molecule has 2 aliphatic heterocycles. The van der Waals surface area contributed by atoms with Crippen molar-refractivity contribution in [2.75, 3.05) is 24.5 Å². The molecule has 0 unspecified atom stereocenters. The van der Waals surface area contributed by atoms with Crippen LogP contribution in [-0.4, -0.2) is 67.1 Å². The van der Waals surface area contributed by atoms with E-state index in [0.29, 0.717) is 42.9 Å². The smallest absolute Gasteiger partial charge is 0.355 e. The Labute approximate surface area is 244 Å². The average Bonchev–Trinajstić information content (AvgIpc) is 2.95. The summed E-state index contributed by atoms with van der Waals surface area (Å²) in [4.78, 5) is 44.1. The number of rotatable bonds is 3. The minimum Gasteiger partial charge on any atom is -0.396 e. The molecule has 0 aliphatic carbocycles. The maximum Gasteiger partial charge on any atom is 0.355 e. The summed E-state index contributed by atoms with van der Waals surface area (Å²) in [5.74, 6) is 5.61. The minimum absolute atomic E-state index is 0.0157. The largest absolute Gasteiger partial charge is 0.396 e. The van der Waals surface area contributed by atoms with E-state index in [1.54, 1.807) is 11.1 Å². The molecule has 42 heavy (non-hydrogen) atoms. The number of fused-ring (bicyclic) bond motifs is 3. The Hall–Kier alpha value is -4.32. The maximum atomic E-state index is 15.8. The number of hydrogen-bond acceptors (Lipinski definition) is 9. The lowest BCUT2D eigenvalue weighted by Crippen LogP contribution is -2.58. The van der Waals surface area contributed by atoms with Crippen molar-refractivity contribution in [3.8, 4) is 5.69 Å². The number of aryl methyl sites for hydroxylation is 1. The van der Waals surface area contributed by atoms with Gasteiger partial charge in [-0.1, -0.05) is 20.4 Å². The topological polar surface area (TPSA) is 140 Å². The summed E-state index contributed by atoms with van der Waals surface area (Å²) in [6, 6.07) is 2.82. The Balaban J connectivity index is 1.83. The van der Waals surface area contributed by atoms with Crippen molar-refractivity contribution < 1.29 is 9.18 Å². The molecule has 12 heteroatoms. The first-order chi connectivity index (χ1) is 20.0. The summed E-state index contributed by atoms with van der Waals surface area (Å²) < 4.78 is 17.3. The van der Waals surface area contributed by atoms with Gasteiger partial charge in [-0.2, -0.15) is 4.98 Å². The summed E-state index contributed by atoms with van der Waals surface area (Å²) in [6.07, 6.45) is 6.73. The molecule has 1 fully saturated rings. The van der Waals surface area contributed by atoms with Crippen molar-refractivity contribution in [3.05, 3.63) is 70.4 Å². The molecule has 0 radical (unpaired) electrons. The van der Waals surface area contributed by atoms with Crippen LogP contribution < -0.4 is 22.2 Å². The monoisotopic (exact) mass is 575 g/mol. The molecule has 222 valence electrons. The number of halogens is 1. The summed E-state index contributed by atoms with van der Waals surface area (Å²) >= 11 is 0. The number of nitrogens with two attached hydrogens (primary N) is 2. The second-order valence-corrected chi connectivity index (χ2v) is 11.4. The van der Waals surface area contributed by atoms with E-state index in [2.05, 4.69) is 16.5 Å². The lowest BCUT2D eigenvalue weighted by molar-refractivity contribution is -0.128. The zero-order chi connectivity index (χ0) is 30.3. The summed E-state index contributed by atoms with van der Waals surface area (Å²) in [5.41, 5.74) is 8.17. The molecule has 5 heterocycles. The summed E-state index contributed by atoms with van der Waals surface area (Å²) in [7, 11) is 0. The molecule has 1 saturated heterocycles. The van der Waals surface area contributed by atoms with E-state index < -0.39 is 11.5 Å². The van der Waals surface area contributed by atoms with Gasteiger partial charge in [0, 0.05) is 44.1 Å². The maximum absolute atomic E-state index is 15.8. The van der Waals surface area contributed by atoms with Crippen LogP contribution in [0.4, 0.5) is 10.2 Å². The highest BCUT2D eigenvalue weighted by atomic mass is 19.1. The van der Waals surface area contributed by atoms with Crippen molar-refractivity contribution in [2.45, 2.75) is 65.0 Å². The Morgan fingerprint density at radius 3 is 2.67 bits per heavy atom. The van der Waals surface area contributed by atoms with E-state index in [0.717, 1.165) is 24.1 Å². The van der Waals surface area contributed by atoms with E-state index in [1.165, 1.54) is 27.9 Å². The molecular weight excluding hydrogens is 537 g/mol. The second kappa shape index (κ2) is 11.5. The fourth-order valence-electron chi connectivity index (χ4n) is 5.88. The summed E-state index contributed by atoms with van der Waals surface area (Å²) in [6.45, 7) is 12.8. The molecular formula is C30H38FN9O2. The molecule has 2 aliphatic rings. The third-order valence-electron chi connectivity index (χ3n) is 8.01. The number of anilines is 1. The van der Waals surface area contributed by atoms with Gasteiger partial charge in [-0.15, -0.1) is 0 Å². The van der Waals surface area contributed by atoms with E-state index in [1.807, 2.05) is 38.7 Å². The van der Waals surface area contributed by atoms with Crippen LogP contribution in [0.5, 0.6) is 0 Å². The van der Waals surface area contributed by atoms with Crippen LogP contribution in [0.15, 0.2) is 42.0 Å². The highest BCUT2D eigenvalue weighted by molar-refractivity contribution is 5.91. The van der Waals surface area contributed by atoms with Gasteiger partial charge in [-0.25, -0.2) is 24.6 Å². The first kappa shape index (κ1) is 29.2. The fourth-order valence-corrected chi connectivity index (χ4v) is 5.88. The molecule has 0 saturated carbocycles. The average molecular weight is 576 g/mol. The molecule has 0 aromatic carbocycles. The first-order valence-electron chi connectivity index (χ1n) is 14.3. The van der Waals surface area contributed by atoms with Crippen molar-refractivity contribution in [1.82, 2.24) is 29.4 Å². The molecule has 3 aromatic rings. The highest BCUT2D eigenvalue weighted by Crippen LogP contribution is 2.33. The number of nitrogens with zero attached hydrogens (tertiary/aromatic N) is 7. The normalized spacial score (nSPS) is 20.9. The Bertz CT molecular complexity index is 1630. The number of aromatic nitrogens is 4. The number of amides is 1. The predicted octanol–water partition coefficient (Wildman–Crippen LogP) is 2.82. The molecule has 1 amide bonds. The number of hydrogen-bond donors (Lipinski definition) is 2. The van der Waals surface area contributed by atoms with E-state index in [-0.39, 0.29) is 40.9 Å². The SMILES string of the molecule is C=CC(=O)N1C[C@H](C)N(c2nc(=O)n3c4nc(c(F)cc24)/C(N)=C/N(N)CCCCc2ccnc(C(C)C)c2-3)C[C@H]1C. The van der Waals surface area contributed by atoms with Gasteiger partial charge in [-0.05, 0) is 62.8 Å². The molecule has 3 aromatic heterocycles. The summed E-state index contributed by atoms with van der Waals surface area (Å²) in [5, 5.41) is 1.79. The lowest BCUT2D eigenvalue weighted by atomic mass is 10.00. The van der Waals surface area contributed by atoms with Crippen LogP contribution in [0.25, 0.3) is 22.4 Å². The van der Waals surface area contributed by atoms with Crippen LogP contribution in [0.1, 0.15) is 63.4 Å². The molecule has 0 spiro atoms. The Morgan fingerprint density at radius 1 is 1.19 bits per heavy atom. The molecule has 4 N–H and O–H groups in total. The van der Waals surface area contributed by atoms with Gasteiger partial charge in [0.05, 0.1) is 22.5 Å². The zero-order valence-electron chi connectivity index (χ0n) is 24.5. The first-order valence-corrected chi connectivity index (χ1v) is 14.3. The predicted molar refractivity (Wildman–Crippen MR) is 161 cm³/mol. The van der Waals surface area contributed by atoms with Crippen molar-refractivity contribution >= 4 is 28.5 Å². The van der Waals surface area contributed by atoms with Crippen LogP contribution in [0.2, 0.25) is 0 Å². The van der Waals surface area contributed by atoms with Gasteiger partial charge in [0.25, 0.3) is 0 Å². The van der Waals surface area contributed by atoms with Crippen molar-refractivity contribution in [3.63, 3.8) is 0 Å². The molecule has 11 nitrogen and oxygen atoms in total. The number of piperazine rings is 1. The van der Waals surface area contributed by atoms with Gasteiger partial charge in [0.15, 0.2) is 11.5 Å². The van der Waals surface area contributed by atoms with Gasteiger partial charge >= 0.3 is 5.69 Å². The van der Waals surface area contributed by atoms with Crippen molar-refractivity contribution in [2.24, 2.45) is 11.6 Å². The Kier molecular flexibility index (Phi) is 8.00. The van der Waals surface area contributed by atoms with Gasteiger partial charge in [-0.3, -0.25) is 9.78 Å². The highest BCUT2D eigenvalue weighted by Gasteiger charge is 2.34. The van der Waals surface area contributed by atoms with Gasteiger partial charge in [0.1, 0.15) is 11.5 Å². The molecule has 2 bridgehead atoms. The van der Waals surface area contributed by atoms with Crippen LogP contribution in [0, 0.1) is 5.82 Å². The number of pyridine rings is 2. The number of carbonyl (C=O) groups excluding carboxylic acids is 1. The minimum atomic E-state index is -0.663.